The number of nitrogens with one attached hydrogen (secondary N) is 1. The summed E-state index contributed by atoms with van der Waals surface area (Å²) in [5.41, 5.74) is 2.50. The molecule has 0 aliphatic carbocycles. The van der Waals surface area contributed by atoms with Crippen LogP contribution < -0.4 is 10.2 Å². The van der Waals surface area contributed by atoms with Gasteiger partial charge in [0.15, 0.2) is 0 Å². The summed E-state index contributed by atoms with van der Waals surface area (Å²) in [7, 11) is 0. The third kappa shape index (κ3) is 3.71. The van der Waals surface area contributed by atoms with Gasteiger partial charge in [0.1, 0.15) is 0 Å². The van der Waals surface area contributed by atoms with E-state index >= 15 is 0 Å². The van der Waals surface area contributed by atoms with Gasteiger partial charge in [0.2, 0.25) is 0 Å². The number of aliphatic hydroxyl groups excluding tert-OH is 1. The van der Waals surface area contributed by atoms with E-state index in [1.165, 1.54) is 17.7 Å². The number of rotatable bonds is 6. The van der Waals surface area contributed by atoms with Crippen LogP contribution in [0.4, 0.5) is 5.69 Å². The van der Waals surface area contributed by atoms with Crippen LogP contribution in [0, 0.1) is 0 Å². The molecule has 1 aliphatic heterocycles. The maximum atomic E-state index is 9.40. The van der Waals surface area contributed by atoms with Crippen LogP contribution in [0.3, 0.4) is 0 Å². The number of nitrogens with zero attached hydrogens (tertiary/aromatic N) is 1. The lowest BCUT2D eigenvalue weighted by molar-refractivity contribution is 0.266. The summed E-state index contributed by atoms with van der Waals surface area (Å²) in [6.07, 6.45) is 3.41. The van der Waals surface area contributed by atoms with Crippen molar-refractivity contribution in [3.63, 3.8) is 0 Å². The predicted molar refractivity (Wildman–Crippen MR) is 83.6 cm³/mol. The van der Waals surface area contributed by atoms with E-state index in [4.69, 9.17) is 0 Å². The minimum atomic E-state index is 0.247. The Morgan fingerprint density at radius 2 is 2.32 bits per heavy atom. The number of hydrogen-bond acceptors (Lipinski definition) is 3. The number of benzene rings is 1. The van der Waals surface area contributed by atoms with Crippen molar-refractivity contribution in [2.24, 2.45) is 0 Å². The van der Waals surface area contributed by atoms with Gasteiger partial charge in [-0.25, -0.2) is 0 Å². The van der Waals surface area contributed by atoms with Crippen LogP contribution in [0.1, 0.15) is 31.7 Å². The Kier molecular flexibility index (Phi) is 5.67. The van der Waals surface area contributed by atoms with Crippen molar-refractivity contribution in [2.45, 2.75) is 38.8 Å². The average Bonchev–Trinajstić information content (AvgIpc) is 2.89. The molecule has 0 amide bonds. The van der Waals surface area contributed by atoms with Gasteiger partial charge in [-0.3, -0.25) is 0 Å². The zero-order valence-corrected chi connectivity index (χ0v) is 13.1. The lowest BCUT2D eigenvalue weighted by Gasteiger charge is -2.26. The molecule has 0 aromatic heterocycles. The van der Waals surface area contributed by atoms with Gasteiger partial charge in [-0.2, -0.15) is 0 Å². The second-order valence-electron chi connectivity index (χ2n) is 5.12. The Bertz CT molecular complexity index is 411. The summed E-state index contributed by atoms with van der Waals surface area (Å²) in [6.45, 7) is 5.42. The van der Waals surface area contributed by atoms with Crippen LogP contribution in [0.25, 0.3) is 0 Å². The van der Waals surface area contributed by atoms with Gasteiger partial charge in [-0.1, -0.05) is 28.9 Å². The minimum Gasteiger partial charge on any atom is -0.394 e. The maximum absolute atomic E-state index is 9.40. The molecule has 19 heavy (non-hydrogen) atoms. The van der Waals surface area contributed by atoms with Crippen molar-refractivity contribution in [3.05, 3.63) is 28.2 Å². The molecule has 0 radical (unpaired) electrons. The highest BCUT2D eigenvalue weighted by Gasteiger charge is 2.24. The Morgan fingerprint density at radius 1 is 1.47 bits per heavy atom. The Labute approximate surface area is 124 Å². The summed E-state index contributed by atoms with van der Waals surface area (Å²) >= 11 is 3.66. The van der Waals surface area contributed by atoms with Crippen LogP contribution >= 0.6 is 15.9 Å². The molecule has 1 aliphatic rings. The van der Waals surface area contributed by atoms with E-state index in [0.717, 1.165) is 36.9 Å². The Balaban J connectivity index is 2.05. The largest absolute Gasteiger partial charge is 0.394 e. The van der Waals surface area contributed by atoms with Crippen LogP contribution in [-0.4, -0.2) is 30.8 Å². The summed E-state index contributed by atoms with van der Waals surface area (Å²) < 4.78 is 1.15. The minimum absolute atomic E-state index is 0.247. The molecule has 1 heterocycles. The molecule has 3 nitrogen and oxygen atoms in total. The molecule has 1 unspecified atom stereocenters. The van der Waals surface area contributed by atoms with Crippen LogP contribution in [0.5, 0.6) is 0 Å². The molecule has 1 aromatic carbocycles. The first-order valence-electron chi connectivity index (χ1n) is 7.13. The first-order chi connectivity index (χ1) is 9.26. The topological polar surface area (TPSA) is 35.5 Å². The maximum Gasteiger partial charge on any atom is 0.0635 e. The standard InChI is InChI=1S/C15H23BrN2O/c1-2-7-17-10-12-5-6-13(9-15(12)16)18-8-3-4-14(18)11-19/h5-6,9,14,17,19H,2-4,7-8,10-11H2,1H3. The number of anilines is 1. The van der Waals surface area contributed by atoms with E-state index in [0.29, 0.717) is 0 Å². The van der Waals surface area contributed by atoms with Crippen LogP contribution in [-0.2, 0) is 6.54 Å². The van der Waals surface area contributed by atoms with Crippen LogP contribution in [0.15, 0.2) is 22.7 Å². The predicted octanol–water partition coefficient (Wildman–Crippen LogP) is 2.91. The number of aliphatic hydroxyl groups is 1. The van der Waals surface area contributed by atoms with Gasteiger partial charge in [0.05, 0.1) is 12.6 Å². The molecule has 2 N–H and O–H groups in total. The highest BCUT2D eigenvalue weighted by Crippen LogP contribution is 2.29. The van der Waals surface area contributed by atoms with Crippen molar-refractivity contribution in [1.82, 2.24) is 5.32 Å². The SMILES string of the molecule is CCCNCc1ccc(N2CCCC2CO)cc1Br. The van der Waals surface area contributed by atoms with E-state index in [9.17, 15) is 5.11 Å². The first-order valence-corrected chi connectivity index (χ1v) is 7.92. The molecule has 1 fully saturated rings. The summed E-state index contributed by atoms with van der Waals surface area (Å²) in [6, 6.07) is 6.81. The molecule has 2 rings (SSSR count). The molecule has 106 valence electrons. The molecule has 0 saturated carbocycles. The lowest BCUT2D eigenvalue weighted by atomic mass is 10.1. The molecule has 0 bridgehead atoms. The third-order valence-electron chi connectivity index (χ3n) is 3.70. The van der Waals surface area contributed by atoms with Crippen molar-refractivity contribution in [3.8, 4) is 0 Å². The fraction of sp³-hybridized carbons (Fsp3) is 0.600. The second kappa shape index (κ2) is 7.27. The Morgan fingerprint density at radius 3 is 3.00 bits per heavy atom. The summed E-state index contributed by atoms with van der Waals surface area (Å²) in [4.78, 5) is 2.31. The monoisotopic (exact) mass is 326 g/mol. The summed E-state index contributed by atoms with van der Waals surface area (Å²) in [5.74, 6) is 0. The van der Waals surface area contributed by atoms with Gasteiger partial charge in [0, 0.05) is 23.2 Å². The smallest absolute Gasteiger partial charge is 0.0635 e. The van der Waals surface area contributed by atoms with Gasteiger partial charge in [-0.15, -0.1) is 0 Å². The lowest BCUT2D eigenvalue weighted by Crippen LogP contribution is -2.32. The zero-order chi connectivity index (χ0) is 13.7. The van der Waals surface area contributed by atoms with E-state index in [1.807, 2.05) is 0 Å². The molecule has 0 spiro atoms. The fourth-order valence-corrected chi connectivity index (χ4v) is 3.13. The van der Waals surface area contributed by atoms with Crippen molar-refractivity contribution in [2.75, 3.05) is 24.6 Å². The zero-order valence-electron chi connectivity index (χ0n) is 11.5. The quantitative estimate of drug-likeness (QED) is 0.789. The van der Waals surface area contributed by atoms with E-state index in [2.05, 4.69) is 51.3 Å². The average molecular weight is 327 g/mol. The normalized spacial score (nSPS) is 19.1. The molecule has 4 heteroatoms. The fourth-order valence-electron chi connectivity index (χ4n) is 2.62. The van der Waals surface area contributed by atoms with Crippen molar-refractivity contribution >= 4 is 21.6 Å². The molecule has 1 saturated heterocycles. The molecule has 1 atom stereocenters. The van der Waals surface area contributed by atoms with E-state index in [1.54, 1.807) is 0 Å². The van der Waals surface area contributed by atoms with E-state index < -0.39 is 0 Å². The molecular weight excluding hydrogens is 304 g/mol. The second-order valence-corrected chi connectivity index (χ2v) is 5.98. The molecular formula is C15H23BrN2O. The van der Waals surface area contributed by atoms with Gasteiger partial charge < -0.3 is 15.3 Å². The number of halogens is 1. The number of hydrogen-bond donors (Lipinski definition) is 2. The molecule has 1 aromatic rings. The van der Waals surface area contributed by atoms with Gasteiger partial charge in [0.25, 0.3) is 0 Å². The van der Waals surface area contributed by atoms with Gasteiger partial charge >= 0.3 is 0 Å². The van der Waals surface area contributed by atoms with Crippen molar-refractivity contribution < 1.29 is 5.11 Å². The van der Waals surface area contributed by atoms with E-state index in [-0.39, 0.29) is 12.6 Å². The van der Waals surface area contributed by atoms with Gasteiger partial charge in [-0.05, 0) is 43.5 Å². The highest BCUT2D eigenvalue weighted by molar-refractivity contribution is 9.10. The Hall–Kier alpha value is -0.580. The summed E-state index contributed by atoms with van der Waals surface area (Å²) in [5, 5.41) is 12.8. The van der Waals surface area contributed by atoms with Crippen molar-refractivity contribution in [1.29, 1.82) is 0 Å². The highest BCUT2D eigenvalue weighted by atomic mass is 79.9. The van der Waals surface area contributed by atoms with Crippen LogP contribution in [0.2, 0.25) is 0 Å². The first kappa shape index (κ1) is 14.8. The third-order valence-corrected chi connectivity index (χ3v) is 4.44.